The van der Waals surface area contributed by atoms with E-state index in [1.165, 1.54) is 12.3 Å². The van der Waals surface area contributed by atoms with E-state index in [1.54, 1.807) is 25.4 Å². The summed E-state index contributed by atoms with van der Waals surface area (Å²) in [5, 5.41) is 3.10. The molecule has 0 saturated heterocycles. The molecule has 0 spiro atoms. The highest BCUT2D eigenvalue weighted by Crippen LogP contribution is 2.34. The monoisotopic (exact) mass is 359 g/mol. The number of halogens is 3. The summed E-state index contributed by atoms with van der Waals surface area (Å²) in [6.07, 6.45) is -2.34. The van der Waals surface area contributed by atoms with E-state index in [-0.39, 0.29) is 5.69 Å². The maximum atomic E-state index is 12.4. The SMILES string of the molecule is COc1ccccc1-c1cccnc1Nc1ccc(CC(F)(F)F)nc1. The number of hydrogen-bond donors (Lipinski definition) is 1. The Morgan fingerprint density at radius 3 is 2.42 bits per heavy atom. The van der Waals surface area contributed by atoms with Gasteiger partial charge in [0.2, 0.25) is 0 Å². The van der Waals surface area contributed by atoms with Crippen LogP contribution in [0.1, 0.15) is 5.69 Å². The van der Waals surface area contributed by atoms with Gasteiger partial charge in [0.1, 0.15) is 11.6 Å². The fraction of sp³-hybridized carbons (Fsp3) is 0.158. The van der Waals surface area contributed by atoms with Crippen molar-refractivity contribution in [3.05, 3.63) is 66.6 Å². The quantitative estimate of drug-likeness (QED) is 0.696. The summed E-state index contributed by atoms with van der Waals surface area (Å²) in [6, 6.07) is 14.1. The van der Waals surface area contributed by atoms with E-state index >= 15 is 0 Å². The largest absolute Gasteiger partial charge is 0.496 e. The van der Waals surface area contributed by atoms with Gasteiger partial charge in [-0.15, -0.1) is 0 Å². The first-order valence-corrected chi connectivity index (χ1v) is 7.83. The second-order valence-electron chi connectivity index (χ2n) is 5.56. The van der Waals surface area contributed by atoms with Gasteiger partial charge in [0.05, 0.1) is 25.4 Å². The van der Waals surface area contributed by atoms with Crippen LogP contribution in [-0.2, 0) is 6.42 Å². The number of ether oxygens (including phenoxy) is 1. The van der Waals surface area contributed by atoms with Crippen LogP contribution in [0.3, 0.4) is 0 Å². The molecule has 0 radical (unpaired) electrons. The molecule has 1 N–H and O–H groups in total. The molecule has 3 rings (SSSR count). The van der Waals surface area contributed by atoms with Gasteiger partial charge in [0.15, 0.2) is 0 Å². The van der Waals surface area contributed by atoms with Gasteiger partial charge in [-0.3, -0.25) is 4.98 Å². The lowest BCUT2D eigenvalue weighted by atomic mass is 10.1. The standard InChI is InChI=1S/C19H16F3N3O/c1-26-17-7-3-2-5-15(17)16-6-4-10-23-18(16)25-14-9-8-13(24-12-14)11-19(20,21)22/h2-10,12H,11H2,1H3,(H,23,25). The minimum Gasteiger partial charge on any atom is -0.496 e. The van der Waals surface area contributed by atoms with Crippen molar-refractivity contribution in [2.45, 2.75) is 12.6 Å². The van der Waals surface area contributed by atoms with Gasteiger partial charge in [-0.1, -0.05) is 18.2 Å². The Morgan fingerprint density at radius 1 is 0.962 bits per heavy atom. The summed E-state index contributed by atoms with van der Waals surface area (Å²) in [7, 11) is 1.59. The van der Waals surface area contributed by atoms with Gasteiger partial charge in [-0.05, 0) is 30.3 Å². The van der Waals surface area contributed by atoms with Gasteiger partial charge in [-0.2, -0.15) is 13.2 Å². The topological polar surface area (TPSA) is 47.0 Å². The Hall–Kier alpha value is -3.09. The lowest BCUT2D eigenvalue weighted by Crippen LogP contribution is -2.12. The molecule has 2 heterocycles. The number of benzene rings is 1. The zero-order valence-corrected chi connectivity index (χ0v) is 13.9. The Morgan fingerprint density at radius 2 is 1.73 bits per heavy atom. The van der Waals surface area contributed by atoms with Crippen molar-refractivity contribution in [3.63, 3.8) is 0 Å². The van der Waals surface area contributed by atoms with Crippen LogP contribution in [0.15, 0.2) is 60.9 Å². The first-order chi connectivity index (χ1) is 12.5. The van der Waals surface area contributed by atoms with Crippen molar-refractivity contribution in [2.75, 3.05) is 12.4 Å². The number of anilines is 2. The van der Waals surface area contributed by atoms with E-state index in [2.05, 4.69) is 15.3 Å². The van der Waals surface area contributed by atoms with E-state index in [0.29, 0.717) is 17.3 Å². The molecule has 0 saturated carbocycles. The molecule has 134 valence electrons. The summed E-state index contributed by atoms with van der Waals surface area (Å²) in [5.41, 5.74) is 2.18. The smallest absolute Gasteiger partial charge is 0.394 e. The Bertz CT molecular complexity index is 880. The van der Waals surface area contributed by atoms with Crippen molar-refractivity contribution in [3.8, 4) is 16.9 Å². The minimum absolute atomic E-state index is 0.0333. The predicted molar refractivity (Wildman–Crippen MR) is 93.5 cm³/mol. The molecule has 0 bridgehead atoms. The first kappa shape index (κ1) is 17.7. The van der Waals surface area contributed by atoms with Crippen molar-refractivity contribution >= 4 is 11.5 Å². The molecule has 0 aliphatic rings. The van der Waals surface area contributed by atoms with E-state index < -0.39 is 12.6 Å². The number of para-hydroxylation sites is 1. The van der Waals surface area contributed by atoms with Crippen LogP contribution in [0.5, 0.6) is 5.75 Å². The van der Waals surface area contributed by atoms with Gasteiger partial charge in [0, 0.05) is 23.0 Å². The fourth-order valence-corrected chi connectivity index (χ4v) is 2.53. The molecule has 3 aromatic rings. The normalized spacial score (nSPS) is 11.2. The zero-order valence-electron chi connectivity index (χ0n) is 13.9. The molecule has 7 heteroatoms. The average molecular weight is 359 g/mol. The number of nitrogens with zero attached hydrogens (tertiary/aromatic N) is 2. The van der Waals surface area contributed by atoms with Crippen LogP contribution < -0.4 is 10.1 Å². The van der Waals surface area contributed by atoms with Gasteiger partial charge >= 0.3 is 6.18 Å². The van der Waals surface area contributed by atoms with E-state index in [0.717, 1.165) is 11.1 Å². The molecule has 0 aliphatic heterocycles. The number of pyridine rings is 2. The van der Waals surface area contributed by atoms with Crippen LogP contribution in [0, 0.1) is 0 Å². The van der Waals surface area contributed by atoms with Crippen LogP contribution in [0.4, 0.5) is 24.7 Å². The molecule has 0 amide bonds. The Kier molecular flexibility index (Phi) is 5.06. The lowest BCUT2D eigenvalue weighted by Gasteiger charge is -2.14. The maximum Gasteiger partial charge on any atom is 0.394 e. The van der Waals surface area contributed by atoms with E-state index in [1.807, 2.05) is 30.3 Å². The number of aromatic nitrogens is 2. The molecule has 0 atom stereocenters. The number of hydrogen-bond acceptors (Lipinski definition) is 4. The summed E-state index contributed by atoms with van der Waals surface area (Å²) in [6.45, 7) is 0. The molecule has 2 aromatic heterocycles. The number of methoxy groups -OCH3 is 1. The van der Waals surface area contributed by atoms with Crippen molar-refractivity contribution in [1.29, 1.82) is 0 Å². The highest BCUT2D eigenvalue weighted by Gasteiger charge is 2.28. The number of alkyl halides is 3. The maximum absolute atomic E-state index is 12.4. The van der Waals surface area contributed by atoms with Crippen molar-refractivity contribution in [1.82, 2.24) is 9.97 Å². The van der Waals surface area contributed by atoms with E-state index in [4.69, 9.17) is 4.74 Å². The number of rotatable bonds is 5. The Labute approximate surface area is 148 Å². The first-order valence-electron chi connectivity index (χ1n) is 7.83. The summed E-state index contributed by atoms with van der Waals surface area (Å²) >= 11 is 0. The summed E-state index contributed by atoms with van der Waals surface area (Å²) in [4.78, 5) is 8.19. The second-order valence-corrected chi connectivity index (χ2v) is 5.56. The van der Waals surface area contributed by atoms with Gasteiger partial charge in [-0.25, -0.2) is 4.98 Å². The third kappa shape index (κ3) is 4.30. The lowest BCUT2D eigenvalue weighted by molar-refractivity contribution is -0.127. The zero-order chi connectivity index (χ0) is 18.6. The highest BCUT2D eigenvalue weighted by atomic mass is 19.4. The molecule has 0 aliphatic carbocycles. The van der Waals surface area contributed by atoms with Crippen LogP contribution in [0.25, 0.3) is 11.1 Å². The molecule has 26 heavy (non-hydrogen) atoms. The van der Waals surface area contributed by atoms with Crippen molar-refractivity contribution in [2.24, 2.45) is 0 Å². The molecule has 0 fully saturated rings. The van der Waals surface area contributed by atoms with E-state index in [9.17, 15) is 13.2 Å². The predicted octanol–water partition coefficient (Wildman–Crippen LogP) is 5.00. The minimum atomic E-state index is -4.28. The molecular weight excluding hydrogens is 343 g/mol. The summed E-state index contributed by atoms with van der Waals surface area (Å²) in [5.74, 6) is 1.25. The molecule has 0 unspecified atom stereocenters. The fourth-order valence-electron chi connectivity index (χ4n) is 2.53. The van der Waals surface area contributed by atoms with Crippen LogP contribution >= 0.6 is 0 Å². The molecular formula is C19H16F3N3O. The van der Waals surface area contributed by atoms with Crippen LogP contribution in [-0.4, -0.2) is 23.3 Å². The molecule has 4 nitrogen and oxygen atoms in total. The summed E-state index contributed by atoms with van der Waals surface area (Å²) < 4.78 is 42.7. The van der Waals surface area contributed by atoms with Crippen LogP contribution in [0.2, 0.25) is 0 Å². The van der Waals surface area contributed by atoms with Gasteiger partial charge in [0.25, 0.3) is 0 Å². The average Bonchev–Trinajstić information content (AvgIpc) is 2.63. The molecule has 1 aromatic carbocycles. The second kappa shape index (κ2) is 7.43. The van der Waals surface area contributed by atoms with Crippen molar-refractivity contribution < 1.29 is 17.9 Å². The number of nitrogens with one attached hydrogen (secondary N) is 1. The third-order valence-electron chi connectivity index (χ3n) is 3.67. The highest BCUT2D eigenvalue weighted by molar-refractivity contribution is 5.81. The van der Waals surface area contributed by atoms with Gasteiger partial charge < -0.3 is 10.1 Å². The third-order valence-corrected chi connectivity index (χ3v) is 3.67. The Balaban J connectivity index is 1.87.